The molecule has 90 valence electrons. The first-order chi connectivity index (χ1) is 8.19. The van der Waals surface area contributed by atoms with Crippen LogP contribution in [0.2, 0.25) is 0 Å². The number of nitrogens with one attached hydrogen (secondary N) is 1. The van der Waals surface area contributed by atoms with Gasteiger partial charge in [-0.1, -0.05) is 27.9 Å². The summed E-state index contributed by atoms with van der Waals surface area (Å²) in [6.45, 7) is 3.17. The highest BCUT2D eigenvalue weighted by molar-refractivity contribution is 9.10. The summed E-state index contributed by atoms with van der Waals surface area (Å²) in [5, 5.41) is 3.19. The predicted octanol–water partition coefficient (Wildman–Crippen LogP) is 2.35. The van der Waals surface area contributed by atoms with Gasteiger partial charge in [-0.3, -0.25) is 0 Å². The summed E-state index contributed by atoms with van der Waals surface area (Å²) in [6.07, 6.45) is 0. The maximum absolute atomic E-state index is 11.3. The highest BCUT2D eigenvalue weighted by atomic mass is 79.9. The molecule has 0 heterocycles. The third kappa shape index (κ3) is 4.22. The van der Waals surface area contributed by atoms with Crippen LogP contribution in [0.25, 0.3) is 0 Å². The van der Waals surface area contributed by atoms with Gasteiger partial charge in [0, 0.05) is 11.0 Å². The number of carbonyl (C=O) groups excluding carboxylic acids is 1. The molecule has 0 aromatic heterocycles. The van der Waals surface area contributed by atoms with E-state index < -0.39 is 0 Å². The van der Waals surface area contributed by atoms with Gasteiger partial charge in [0.2, 0.25) is 0 Å². The zero-order valence-corrected chi connectivity index (χ0v) is 11.4. The predicted molar refractivity (Wildman–Crippen MR) is 70.6 cm³/mol. The van der Waals surface area contributed by atoms with Crippen molar-refractivity contribution < 1.29 is 9.53 Å². The first kappa shape index (κ1) is 13.8. The highest BCUT2D eigenvalue weighted by Gasteiger charge is 2.07. The van der Waals surface area contributed by atoms with Crippen LogP contribution in [-0.4, -0.2) is 19.6 Å². The SMILES string of the molecule is CC#CCNCc1ccc(C(=O)OC)cc1Br. The molecule has 0 spiro atoms. The average Bonchev–Trinajstić information content (AvgIpc) is 2.35. The monoisotopic (exact) mass is 295 g/mol. The largest absolute Gasteiger partial charge is 0.465 e. The Labute approximate surface area is 110 Å². The molecule has 0 amide bonds. The van der Waals surface area contributed by atoms with E-state index in [0.717, 1.165) is 10.0 Å². The van der Waals surface area contributed by atoms with E-state index in [2.05, 4.69) is 37.8 Å². The number of esters is 1. The number of ether oxygens (including phenoxy) is 1. The van der Waals surface area contributed by atoms with Crippen LogP contribution in [0.15, 0.2) is 22.7 Å². The third-order valence-electron chi connectivity index (χ3n) is 2.18. The van der Waals surface area contributed by atoms with Gasteiger partial charge >= 0.3 is 5.97 Å². The van der Waals surface area contributed by atoms with Crippen molar-refractivity contribution in [1.82, 2.24) is 5.32 Å². The third-order valence-corrected chi connectivity index (χ3v) is 2.92. The van der Waals surface area contributed by atoms with Crippen molar-refractivity contribution >= 4 is 21.9 Å². The first-order valence-electron chi connectivity index (χ1n) is 5.16. The Balaban J connectivity index is 2.68. The Morgan fingerprint density at radius 2 is 2.29 bits per heavy atom. The molecule has 0 saturated heterocycles. The van der Waals surface area contributed by atoms with Crippen molar-refractivity contribution in [3.63, 3.8) is 0 Å². The average molecular weight is 296 g/mol. The minimum absolute atomic E-state index is 0.331. The van der Waals surface area contributed by atoms with Crippen molar-refractivity contribution in [3.05, 3.63) is 33.8 Å². The topological polar surface area (TPSA) is 38.3 Å². The molecule has 1 aromatic rings. The standard InChI is InChI=1S/C13H14BrNO2/c1-3-4-7-15-9-11-6-5-10(8-12(11)14)13(16)17-2/h5-6,8,15H,7,9H2,1-2H3. The molecular formula is C13H14BrNO2. The molecule has 17 heavy (non-hydrogen) atoms. The van der Waals surface area contributed by atoms with Crippen molar-refractivity contribution in [2.24, 2.45) is 0 Å². The second kappa shape index (κ2) is 7.10. The van der Waals surface area contributed by atoms with E-state index in [1.807, 2.05) is 13.0 Å². The maximum atomic E-state index is 11.3. The van der Waals surface area contributed by atoms with Gasteiger partial charge in [-0.05, 0) is 24.6 Å². The molecule has 4 heteroatoms. The molecule has 0 atom stereocenters. The van der Waals surface area contributed by atoms with E-state index in [4.69, 9.17) is 0 Å². The molecule has 0 bridgehead atoms. The Hall–Kier alpha value is -1.31. The smallest absolute Gasteiger partial charge is 0.337 e. The fraction of sp³-hybridized carbons (Fsp3) is 0.308. The Bertz CT molecular complexity index is 460. The number of halogens is 1. The molecule has 3 nitrogen and oxygen atoms in total. The normalized spacial score (nSPS) is 9.35. The van der Waals surface area contributed by atoms with E-state index in [1.54, 1.807) is 12.1 Å². The van der Waals surface area contributed by atoms with Gasteiger partial charge in [0.15, 0.2) is 0 Å². The van der Waals surface area contributed by atoms with Crippen molar-refractivity contribution in [2.75, 3.05) is 13.7 Å². The van der Waals surface area contributed by atoms with Crippen LogP contribution in [0.3, 0.4) is 0 Å². The molecule has 0 saturated carbocycles. The molecule has 0 unspecified atom stereocenters. The second-order valence-electron chi connectivity index (χ2n) is 3.33. The zero-order valence-electron chi connectivity index (χ0n) is 9.84. The summed E-state index contributed by atoms with van der Waals surface area (Å²) < 4.78 is 5.54. The lowest BCUT2D eigenvalue weighted by molar-refractivity contribution is 0.0600. The van der Waals surface area contributed by atoms with Gasteiger partial charge in [0.05, 0.1) is 19.2 Å². The summed E-state index contributed by atoms with van der Waals surface area (Å²) in [5.74, 6) is 5.41. The Morgan fingerprint density at radius 3 is 2.88 bits per heavy atom. The molecule has 1 aromatic carbocycles. The maximum Gasteiger partial charge on any atom is 0.337 e. The number of rotatable bonds is 4. The fourth-order valence-electron chi connectivity index (χ4n) is 1.28. The fourth-order valence-corrected chi connectivity index (χ4v) is 1.80. The lowest BCUT2D eigenvalue weighted by atomic mass is 10.1. The van der Waals surface area contributed by atoms with Crippen molar-refractivity contribution in [2.45, 2.75) is 13.5 Å². The lowest BCUT2D eigenvalue weighted by Crippen LogP contribution is -2.13. The Morgan fingerprint density at radius 1 is 1.53 bits per heavy atom. The summed E-state index contributed by atoms with van der Waals surface area (Å²) in [6, 6.07) is 5.40. The lowest BCUT2D eigenvalue weighted by Gasteiger charge is -2.06. The van der Waals surface area contributed by atoms with Crippen LogP contribution in [0.4, 0.5) is 0 Å². The van der Waals surface area contributed by atoms with Crippen LogP contribution in [-0.2, 0) is 11.3 Å². The van der Waals surface area contributed by atoms with Crippen LogP contribution >= 0.6 is 15.9 Å². The molecule has 0 aliphatic carbocycles. The summed E-state index contributed by atoms with van der Waals surface area (Å²) in [5.41, 5.74) is 1.62. The van der Waals surface area contributed by atoms with E-state index in [-0.39, 0.29) is 5.97 Å². The summed E-state index contributed by atoms with van der Waals surface area (Å²) in [7, 11) is 1.37. The van der Waals surface area contributed by atoms with Crippen LogP contribution < -0.4 is 5.32 Å². The van der Waals surface area contributed by atoms with E-state index in [9.17, 15) is 4.79 Å². The van der Waals surface area contributed by atoms with Gasteiger partial charge in [-0.25, -0.2) is 4.79 Å². The molecule has 0 aliphatic rings. The molecule has 1 N–H and O–H groups in total. The van der Waals surface area contributed by atoms with E-state index in [1.165, 1.54) is 7.11 Å². The van der Waals surface area contributed by atoms with Crippen molar-refractivity contribution in [3.8, 4) is 11.8 Å². The van der Waals surface area contributed by atoms with E-state index in [0.29, 0.717) is 18.7 Å². The summed E-state index contributed by atoms with van der Waals surface area (Å²) >= 11 is 3.43. The number of benzene rings is 1. The molecule has 0 radical (unpaired) electrons. The number of hydrogen-bond acceptors (Lipinski definition) is 3. The van der Waals surface area contributed by atoms with Gasteiger partial charge in [-0.15, -0.1) is 5.92 Å². The van der Waals surface area contributed by atoms with Crippen molar-refractivity contribution in [1.29, 1.82) is 0 Å². The minimum atomic E-state index is -0.331. The Kier molecular flexibility index (Phi) is 5.75. The molecular weight excluding hydrogens is 282 g/mol. The first-order valence-corrected chi connectivity index (χ1v) is 5.95. The van der Waals surface area contributed by atoms with E-state index >= 15 is 0 Å². The number of hydrogen-bond donors (Lipinski definition) is 1. The van der Waals surface area contributed by atoms with Gasteiger partial charge in [-0.2, -0.15) is 0 Å². The zero-order chi connectivity index (χ0) is 12.7. The van der Waals surface area contributed by atoms with Gasteiger partial charge in [0.25, 0.3) is 0 Å². The quantitative estimate of drug-likeness (QED) is 0.526. The van der Waals surface area contributed by atoms with Crippen LogP contribution in [0.5, 0.6) is 0 Å². The van der Waals surface area contributed by atoms with Crippen LogP contribution in [0.1, 0.15) is 22.8 Å². The molecule has 1 rings (SSSR count). The number of methoxy groups -OCH3 is 1. The molecule has 0 fully saturated rings. The van der Waals surface area contributed by atoms with Gasteiger partial charge in [0.1, 0.15) is 0 Å². The second-order valence-corrected chi connectivity index (χ2v) is 4.18. The van der Waals surface area contributed by atoms with Crippen LogP contribution in [0, 0.1) is 11.8 Å². The highest BCUT2D eigenvalue weighted by Crippen LogP contribution is 2.19. The number of carbonyl (C=O) groups is 1. The molecule has 0 aliphatic heterocycles. The minimum Gasteiger partial charge on any atom is -0.465 e. The van der Waals surface area contributed by atoms with Gasteiger partial charge < -0.3 is 10.1 Å². The summed E-state index contributed by atoms with van der Waals surface area (Å²) in [4.78, 5) is 11.3.